The molecule has 0 bridgehead atoms. The molecule has 1 fully saturated rings. The summed E-state index contributed by atoms with van der Waals surface area (Å²) < 4.78 is 0. The molecule has 2 rings (SSSR count). The van der Waals surface area contributed by atoms with Gasteiger partial charge in [0.25, 0.3) is 5.91 Å². The Balaban J connectivity index is 2.21. The number of aryl methyl sites for hydroxylation is 1. The lowest BCUT2D eigenvalue weighted by Crippen LogP contribution is -2.33. The number of nitrogens with zero attached hydrogens (tertiary/aromatic N) is 1. The molecule has 1 aromatic carbocycles. The molecule has 1 aliphatic rings. The minimum Gasteiger partial charge on any atom is -0.339 e. The van der Waals surface area contributed by atoms with Gasteiger partial charge < -0.3 is 10.3 Å². The number of hydrazine groups is 1. The van der Waals surface area contributed by atoms with Crippen molar-refractivity contribution in [2.75, 3.05) is 18.5 Å². The van der Waals surface area contributed by atoms with E-state index in [-0.39, 0.29) is 5.91 Å². The average Bonchev–Trinajstić information content (AvgIpc) is 2.59. The summed E-state index contributed by atoms with van der Waals surface area (Å²) in [7, 11) is 0. The number of carbonyl (C=O) groups excluding carboxylic acids is 1. The summed E-state index contributed by atoms with van der Waals surface area (Å²) in [5, 5.41) is 0. The molecule has 0 atom stereocenters. The van der Waals surface area contributed by atoms with Crippen molar-refractivity contribution >= 4 is 11.6 Å². The van der Waals surface area contributed by atoms with E-state index in [1.807, 2.05) is 30.0 Å². The number of amides is 1. The molecular weight excluding hydrogens is 250 g/mol. The molecule has 110 valence electrons. The molecule has 1 saturated heterocycles. The van der Waals surface area contributed by atoms with Crippen LogP contribution in [0.25, 0.3) is 0 Å². The van der Waals surface area contributed by atoms with Gasteiger partial charge in [0, 0.05) is 13.1 Å². The predicted octanol–water partition coefficient (Wildman–Crippen LogP) is 2.93. The van der Waals surface area contributed by atoms with E-state index in [1.165, 1.54) is 6.42 Å². The maximum atomic E-state index is 12.7. The van der Waals surface area contributed by atoms with Gasteiger partial charge in [0.15, 0.2) is 0 Å². The maximum absolute atomic E-state index is 12.7. The Bertz CT molecular complexity index is 496. The van der Waals surface area contributed by atoms with E-state index in [2.05, 4.69) is 19.3 Å². The van der Waals surface area contributed by atoms with Gasteiger partial charge >= 0.3 is 0 Å². The van der Waals surface area contributed by atoms with Crippen LogP contribution in [0, 0.1) is 12.3 Å². The lowest BCUT2D eigenvalue weighted by molar-refractivity contribution is 0.0758. The number of hydrogen-bond donors (Lipinski definition) is 2. The van der Waals surface area contributed by atoms with E-state index < -0.39 is 0 Å². The second kappa shape index (κ2) is 5.83. The highest BCUT2D eigenvalue weighted by atomic mass is 16.2. The van der Waals surface area contributed by atoms with Crippen LogP contribution in [0.4, 0.5) is 5.69 Å². The second-order valence-corrected chi connectivity index (χ2v) is 6.50. The minimum atomic E-state index is 0.0827. The third-order valence-corrected chi connectivity index (χ3v) is 4.19. The van der Waals surface area contributed by atoms with Gasteiger partial charge in [0.1, 0.15) is 0 Å². The van der Waals surface area contributed by atoms with E-state index in [0.717, 1.165) is 31.5 Å². The molecule has 0 saturated carbocycles. The number of likely N-dealkylation sites (tertiary alicyclic amines) is 1. The molecule has 1 aromatic rings. The molecule has 0 spiro atoms. The van der Waals surface area contributed by atoms with Gasteiger partial charge in [-0.25, -0.2) is 0 Å². The molecule has 4 nitrogen and oxygen atoms in total. The van der Waals surface area contributed by atoms with Crippen LogP contribution in [-0.4, -0.2) is 23.9 Å². The van der Waals surface area contributed by atoms with Gasteiger partial charge in [-0.15, -0.1) is 0 Å². The Morgan fingerprint density at radius 3 is 2.75 bits per heavy atom. The number of carbonyl (C=O) groups is 1. The monoisotopic (exact) mass is 275 g/mol. The molecular formula is C16H25N3O. The molecule has 0 unspecified atom stereocenters. The summed E-state index contributed by atoms with van der Waals surface area (Å²) in [6.07, 6.45) is 3.29. The standard InChI is InChI=1S/C16H25N3O/c1-12-5-6-14(18-17)13(11-12)15(20)19-9-4-7-16(2,3)8-10-19/h5-6,11,18H,4,7-10,17H2,1-3H3. The molecule has 20 heavy (non-hydrogen) atoms. The first-order valence-electron chi connectivity index (χ1n) is 7.29. The van der Waals surface area contributed by atoms with Crippen molar-refractivity contribution in [3.8, 4) is 0 Å². The summed E-state index contributed by atoms with van der Waals surface area (Å²) in [5.41, 5.74) is 5.40. The average molecular weight is 275 g/mol. The number of rotatable bonds is 2. The van der Waals surface area contributed by atoms with Crippen molar-refractivity contribution in [2.24, 2.45) is 11.3 Å². The van der Waals surface area contributed by atoms with Gasteiger partial charge in [-0.3, -0.25) is 10.6 Å². The third-order valence-electron chi connectivity index (χ3n) is 4.19. The summed E-state index contributed by atoms with van der Waals surface area (Å²) >= 11 is 0. The molecule has 1 amide bonds. The van der Waals surface area contributed by atoms with E-state index in [4.69, 9.17) is 5.84 Å². The van der Waals surface area contributed by atoms with Gasteiger partial charge in [-0.2, -0.15) is 0 Å². The van der Waals surface area contributed by atoms with Crippen molar-refractivity contribution < 1.29 is 4.79 Å². The number of nitrogen functional groups attached to an aromatic ring is 1. The fourth-order valence-corrected chi connectivity index (χ4v) is 2.76. The van der Waals surface area contributed by atoms with Crippen molar-refractivity contribution in [3.05, 3.63) is 29.3 Å². The van der Waals surface area contributed by atoms with Gasteiger partial charge in [0.2, 0.25) is 0 Å². The van der Waals surface area contributed by atoms with E-state index in [0.29, 0.717) is 16.7 Å². The number of benzene rings is 1. The van der Waals surface area contributed by atoms with Crippen molar-refractivity contribution in [2.45, 2.75) is 40.0 Å². The Morgan fingerprint density at radius 1 is 1.30 bits per heavy atom. The quantitative estimate of drug-likeness (QED) is 0.644. The molecule has 3 N–H and O–H groups in total. The normalized spacial score (nSPS) is 18.5. The first-order chi connectivity index (χ1) is 9.43. The molecule has 1 heterocycles. The van der Waals surface area contributed by atoms with Crippen LogP contribution in [0.5, 0.6) is 0 Å². The topological polar surface area (TPSA) is 58.4 Å². The van der Waals surface area contributed by atoms with E-state index >= 15 is 0 Å². The van der Waals surface area contributed by atoms with Crippen LogP contribution >= 0.6 is 0 Å². The third kappa shape index (κ3) is 3.31. The minimum absolute atomic E-state index is 0.0827. The zero-order valence-electron chi connectivity index (χ0n) is 12.7. The number of nitrogens with two attached hydrogens (primary N) is 1. The van der Waals surface area contributed by atoms with E-state index in [1.54, 1.807) is 0 Å². The highest BCUT2D eigenvalue weighted by molar-refractivity contribution is 5.99. The van der Waals surface area contributed by atoms with Gasteiger partial charge in [-0.05, 0) is 43.7 Å². The van der Waals surface area contributed by atoms with Crippen LogP contribution in [0.15, 0.2) is 18.2 Å². The smallest absolute Gasteiger partial charge is 0.256 e. The highest BCUT2D eigenvalue weighted by Gasteiger charge is 2.26. The summed E-state index contributed by atoms with van der Waals surface area (Å²) in [6.45, 7) is 8.20. The molecule has 0 aliphatic carbocycles. The lowest BCUT2D eigenvalue weighted by Gasteiger charge is -2.24. The number of hydrogen-bond acceptors (Lipinski definition) is 3. The van der Waals surface area contributed by atoms with Gasteiger partial charge in [0.05, 0.1) is 11.3 Å². The molecule has 4 heteroatoms. The maximum Gasteiger partial charge on any atom is 0.256 e. The largest absolute Gasteiger partial charge is 0.339 e. The SMILES string of the molecule is Cc1ccc(NN)c(C(=O)N2CCCC(C)(C)CC2)c1. The first kappa shape index (κ1) is 14.9. The van der Waals surface area contributed by atoms with Crippen LogP contribution in [0.1, 0.15) is 49.0 Å². The zero-order valence-corrected chi connectivity index (χ0v) is 12.7. The first-order valence-corrected chi connectivity index (χ1v) is 7.29. The van der Waals surface area contributed by atoms with Crippen LogP contribution in [-0.2, 0) is 0 Å². The number of nitrogens with one attached hydrogen (secondary N) is 1. The van der Waals surface area contributed by atoms with E-state index in [9.17, 15) is 4.79 Å². The Kier molecular flexibility index (Phi) is 4.33. The summed E-state index contributed by atoms with van der Waals surface area (Å²) in [6, 6.07) is 5.73. The summed E-state index contributed by atoms with van der Waals surface area (Å²) in [5.74, 6) is 5.60. The Labute approximate surface area is 121 Å². The molecule has 0 radical (unpaired) electrons. The summed E-state index contributed by atoms with van der Waals surface area (Å²) in [4.78, 5) is 14.7. The fraction of sp³-hybridized carbons (Fsp3) is 0.562. The Hall–Kier alpha value is -1.55. The van der Waals surface area contributed by atoms with Gasteiger partial charge in [-0.1, -0.05) is 25.5 Å². The van der Waals surface area contributed by atoms with Crippen molar-refractivity contribution in [3.63, 3.8) is 0 Å². The fourth-order valence-electron chi connectivity index (χ4n) is 2.76. The van der Waals surface area contributed by atoms with Crippen molar-refractivity contribution in [1.29, 1.82) is 0 Å². The van der Waals surface area contributed by atoms with Crippen LogP contribution < -0.4 is 11.3 Å². The zero-order chi connectivity index (χ0) is 14.8. The predicted molar refractivity (Wildman–Crippen MR) is 82.5 cm³/mol. The molecule has 0 aromatic heterocycles. The number of anilines is 1. The highest BCUT2D eigenvalue weighted by Crippen LogP contribution is 2.30. The lowest BCUT2D eigenvalue weighted by atomic mass is 9.85. The Morgan fingerprint density at radius 2 is 2.05 bits per heavy atom. The second-order valence-electron chi connectivity index (χ2n) is 6.50. The molecule has 1 aliphatic heterocycles. The van der Waals surface area contributed by atoms with Crippen LogP contribution in [0.2, 0.25) is 0 Å². The van der Waals surface area contributed by atoms with Crippen LogP contribution in [0.3, 0.4) is 0 Å². The van der Waals surface area contributed by atoms with Crippen molar-refractivity contribution in [1.82, 2.24) is 4.90 Å².